The third kappa shape index (κ3) is 6.20. The van der Waals surface area contributed by atoms with E-state index >= 15 is 0 Å². The van der Waals surface area contributed by atoms with Crippen molar-refractivity contribution < 1.29 is 18.6 Å². The van der Waals surface area contributed by atoms with Gasteiger partial charge in [0.15, 0.2) is 8.32 Å². The summed E-state index contributed by atoms with van der Waals surface area (Å²) in [5, 5.41) is -0.00201. The van der Waals surface area contributed by atoms with Crippen molar-refractivity contribution in [2.24, 2.45) is 0 Å². The van der Waals surface area contributed by atoms with Crippen LogP contribution >= 0.6 is 12.2 Å². The predicted molar refractivity (Wildman–Crippen MR) is 132 cm³/mol. The molecule has 3 atom stereocenters. The zero-order valence-electron chi connectivity index (χ0n) is 19.9. The van der Waals surface area contributed by atoms with Crippen LogP contribution in [0.2, 0.25) is 18.1 Å². The largest absolute Gasteiger partial charge is 0.450 e. The fraction of sp³-hybridized carbons (Fsp3) is 0.522. The van der Waals surface area contributed by atoms with E-state index in [1.165, 1.54) is 10.8 Å². The van der Waals surface area contributed by atoms with Crippen LogP contribution in [-0.2, 0) is 13.9 Å². The second kappa shape index (κ2) is 9.92. The molecule has 1 aromatic carbocycles. The molecule has 180 valence electrons. The maximum Gasteiger partial charge on any atom is 0.358 e. The third-order valence-electron chi connectivity index (χ3n) is 6.24. The summed E-state index contributed by atoms with van der Waals surface area (Å²) in [5.74, 6) is 0.569. The molecular formula is C23H32N2O6SSi. The Balaban J connectivity index is 1.79. The molecular weight excluding hydrogens is 460 g/mol. The van der Waals surface area contributed by atoms with Gasteiger partial charge in [-0.1, -0.05) is 39.0 Å². The Bertz CT molecular complexity index is 1090. The molecule has 1 unspecified atom stereocenters. The van der Waals surface area contributed by atoms with Crippen molar-refractivity contribution >= 4 is 25.8 Å². The Morgan fingerprint density at radius 3 is 2.55 bits per heavy atom. The van der Waals surface area contributed by atoms with Crippen LogP contribution in [0.5, 0.6) is 5.75 Å². The van der Waals surface area contributed by atoms with Gasteiger partial charge in [0.2, 0.25) is 0 Å². The fourth-order valence-corrected chi connectivity index (χ4v) is 4.42. The van der Waals surface area contributed by atoms with E-state index in [1.807, 2.05) is 18.2 Å². The molecule has 1 N–H and O–H groups in total. The van der Waals surface area contributed by atoms with Crippen molar-refractivity contribution in [2.75, 3.05) is 6.61 Å². The highest BCUT2D eigenvalue weighted by Crippen LogP contribution is 2.38. The Hall–Kier alpha value is -2.27. The number of H-pyrrole nitrogens is 1. The van der Waals surface area contributed by atoms with Gasteiger partial charge in [0.1, 0.15) is 24.2 Å². The molecule has 10 heteroatoms. The first-order valence-corrected chi connectivity index (χ1v) is 14.2. The number of nitrogens with zero attached hydrogens (tertiary/aromatic N) is 1. The SMILES string of the molecule is Cc1cn([C@H]2CC(OC(=S)Oc3ccccc3)[C@@H](CO[Si](C)(C)C(C)(C)C)O2)c(=O)[nH]c1=O. The van der Waals surface area contributed by atoms with Gasteiger partial charge in [-0.2, -0.15) is 0 Å². The van der Waals surface area contributed by atoms with E-state index in [1.54, 1.807) is 19.1 Å². The summed E-state index contributed by atoms with van der Waals surface area (Å²) in [5.41, 5.74) is -0.541. The molecule has 33 heavy (non-hydrogen) atoms. The number of aromatic amines is 1. The van der Waals surface area contributed by atoms with Crippen molar-refractivity contribution in [3.63, 3.8) is 0 Å². The van der Waals surface area contributed by atoms with Crippen LogP contribution in [0.4, 0.5) is 0 Å². The average molecular weight is 493 g/mol. The average Bonchev–Trinajstić information content (AvgIpc) is 3.11. The Morgan fingerprint density at radius 1 is 1.24 bits per heavy atom. The molecule has 1 fully saturated rings. The summed E-state index contributed by atoms with van der Waals surface area (Å²) >= 11 is 5.31. The molecule has 1 aromatic heterocycles. The summed E-state index contributed by atoms with van der Waals surface area (Å²) in [4.78, 5) is 26.5. The van der Waals surface area contributed by atoms with E-state index in [2.05, 4.69) is 38.8 Å². The minimum atomic E-state index is -2.05. The monoisotopic (exact) mass is 492 g/mol. The quantitative estimate of drug-likeness (QED) is 0.483. The van der Waals surface area contributed by atoms with Gasteiger partial charge in [-0.05, 0) is 37.2 Å². The lowest BCUT2D eigenvalue weighted by atomic mass is 10.2. The van der Waals surface area contributed by atoms with Crippen molar-refractivity contribution in [2.45, 2.75) is 70.7 Å². The van der Waals surface area contributed by atoms with Gasteiger partial charge in [0, 0.05) is 30.4 Å². The molecule has 3 rings (SSSR count). The number of aryl methyl sites for hydroxylation is 1. The standard InChI is InChI=1S/C23H32N2O6SSi/c1-15-13-25(21(27)24-20(15)26)19-12-17(31-22(32)29-16-10-8-7-9-11-16)18(30-19)14-28-33(5,6)23(2,3)4/h7-11,13,17-19H,12,14H2,1-6H3,(H,24,26,27)/t17?,18-,19-/m1/s1. The Morgan fingerprint density at radius 2 is 1.91 bits per heavy atom. The third-order valence-corrected chi connectivity index (χ3v) is 10.9. The van der Waals surface area contributed by atoms with E-state index in [-0.39, 0.29) is 10.3 Å². The smallest absolute Gasteiger partial charge is 0.358 e. The van der Waals surface area contributed by atoms with Crippen LogP contribution in [0, 0.1) is 6.92 Å². The molecule has 2 aromatic rings. The number of ether oxygens (including phenoxy) is 3. The number of aromatic nitrogens is 2. The topological polar surface area (TPSA) is 91.8 Å². The van der Waals surface area contributed by atoms with Crippen LogP contribution < -0.4 is 16.0 Å². The number of rotatable bonds is 6. The Labute approximate surface area is 200 Å². The number of hydrogen-bond donors (Lipinski definition) is 1. The minimum Gasteiger partial charge on any atom is -0.450 e. The maximum atomic E-state index is 12.4. The molecule has 1 aliphatic rings. The van der Waals surface area contributed by atoms with Gasteiger partial charge >= 0.3 is 10.9 Å². The summed E-state index contributed by atoms with van der Waals surface area (Å²) < 4.78 is 25.5. The molecule has 1 saturated heterocycles. The summed E-state index contributed by atoms with van der Waals surface area (Å²) in [6, 6.07) is 9.12. The second-order valence-corrected chi connectivity index (χ2v) is 14.9. The molecule has 0 aliphatic carbocycles. The van der Waals surface area contributed by atoms with Gasteiger partial charge < -0.3 is 18.6 Å². The molecule has 0 spiro atoms. The Kier molecular flexibility index (Phi) is 7.62. The zero-order valence-corrected chi connectivity index (χ0v) is 21.7. The molecule has 0 bridgehead atoms. The highest BCUT2D eigenvalue weighted by Gasteiger charge is 2.43. The van der Waals surface area contributed by atoms with Gasteiger partial charge in [-0.3, -0.25) is 14.3 Å². The van der Waals surface area contributed by atoms with Crippen molar-refractivity contribution in [3.05, 3.63) is 62.9 Å². The van der Waals surface area contributed by atoms with Crippen LogP contribution in [0.15, 0.2) is 46.1 Å². The van der Waals surface area contributed by atoms with Crippen LogP contribution in [-0.4, -0.2) is 41.9 Å². The number of thiocarbonyl (C=S) groups is 1. The normalized spacial score (nSPS) is 21.1. The molecule has 1 aliphatic heterocycles. The van der Waals surface area contributed by atoms with E-state index in [9.17, 15) is 9.59 Å². The van der Waals surface area contributed by atoms with Crippen molar-refractivity contribution in [1.29, 1.82) is 0 Å². The van der Waals surface area contributed by atoms with E-state index in [0.717, 1.165) is 0 Å². The zero-order chi connectivity index (χ0) is 24.4. The second-order valence-electron chi connectivity index (χ2n) is 9.74. The first kappa shape index (κ1) is 25.4. The molecule has 2 heterocycles. The van der Waals surface area contributed by atoms with Gasteiger partial charge in [0.05, 0.1) is 6.61 Å². The van der Waals surface area contributed by atoms with Crippen LogP contribution in [0.1, 0.15) is 39.0 Å². The number of benzene rings is 1. The summed E-state index contributed by atoms with van der Waals surface area (Å²) in [7, 11) is -2.05. The van der Waals surface area contributed by atoms with E-state index in [4.69, 9.17) is 30.9 Å². The highest BCUT2D eigenvalue weighted by atomic mass is 32.1. The predicted octanol–water partition coefficient (Wildman–Crippen LogP) is 3.90. The first-order chi connectivity index (χ1) is 15.4. The van der Waals surface area contributed by atoms with Crippen molar-refractivity contribution in [1.82, 2.24) is 9.55 Å². The lowest BCUT2D eigenvalue weighted by Crippen LogP contribution is -2.44. The highest BCUT2D eigenvalue weighted by molar-refractivity contribution is 7.79. The maximum absolute atomic E-state index is 12.4. The first-order valence-electron chi connectivity index (χ1n) is 10.9. The lowest BCUT2D eigenvalue weighted by Gasteiger charge is -2.37. The van der Waals surface area contributed by atoms with E-state index < -0.39 is 38.0 Å². The summed E-state index contributed by atoms with van der Waals surface area (Å²) in [6.45, 7) is 12.7. The van der Waals surface area contributed by atoms with Crippen LogP contribution in [0.25, 0.3) is 0 Å². The lowest BCUT2D eigenvalue weighted by molar-refractivity contribution is -0.0429. The minimum absolute atomic E-state index is 0.0278. The van der Waals surface area contributed by atoms with E-state index in [0.29, 0.717) is 24.3 Å². The van der Waals surface area contributed by atoms with Crippen molar-refractivity contribution in [3.8, 4) is 5.75 Å². The number of para-hydroxylation sites is 1. The molecule has 0 radical (unpaired) electrons. The van der Waals surface area contributed by atoms with Gasteiger partial charge in [-0.25, -0.2) is 4.79 Å². The molecule has 0 saturated carbocycles. The van der Waals surface area contributed by atoms with Gasteiger partial charge in [-0.15, -0.1) is 0 Å². The molecule has 0 amide bonds. The van der Waals surface area contributed by atoms with Crippen LogP contribution in [0.3, 0.4) is 0 Å². The summed E-state index contributed by atoms with van der Waals surface area (Å²) in [6.07, 6.45) is 0.245. The molecule has 8 nitrogen and oxygen atoms in total. The fourth-order valence-electron chi connectivity index (χ4n) is 3.18. The van der Waals surface area contributed by atoms with Gasteiger partial charge in [0.25, 0.3) is 5.56 Å². The number of hydrogen-bond acceptors (Lipinski definition) is 7. The number of nitrogens with one attached hydrogen (secondary N) is 1.